The SMILES string of the molecule is CCCNc1nc(NC(C)(C)C)cc(-c2ccccc2)n1. The summed E-state index contributed by atoms with van der Waals surface area (Å²) < 4.78 is 0. The van der Waals surface area contributed by atoms with Crippen molar-refractivity contribution in [2.75, 3.05) is 17.2 Å². The summed E-state index contributed by atoms with van der Waals surface area (Å²) in [6, 6.07) is 12.2. The van der Waals surface area contributed by atoms with Gasteiger partial charge in [0, 0.05) is 23.7 Å². The standard InChI is InChI=1S/C17H24N4/c1-5-11-18-16-19-14(13-9-7-6-8-10-13)12-15(20-16)21-17(2,3)4/h6-10,12H,5,11H2,1-4H3,(H2,18,19,20,21). The van der Waals surface area contributed by atoms with Crippen LogP contribution >= 0.6 is 0 Å². The molecule has 2 N–H and O–H groups in total. The zero-order chi connectivity index (χ0) is 15.3. The number of benzene rings is 1. The lowest BCUT2D eigenvalue weighted by Crippen LogP contribution is -2.27. The highest BCUT2D eigenvalue weighted by molar-refractivity contribution is 5.64. The van der Waals surface area contributed by atoms with E-state index in [-0.39, 0.29) is 5.54 Å². The minimum Gasteiger partial charge on any atom is -0.365 e. The first-order valence-electron chi connectivity index (χ1n) is 7.44. The van der Waals surface area contributed by atoms with E-state index in [2.05, 4.69) is 60.4 Å². The van der Waals surface area contributed by atoms with E-state index >= 15 is 0 Å². The molecule has 2 aromatic rings. The van der Waals surface area contributed by atoms with Crippen LogP contribution in [0, 0.1) is 0 Å². The summed E-state index contributed by atoms with van der Waals surface area (Å²) in [5.74, 6) is 1.51. The van der Waals surface area contributed by atoms with Gasteiger partial charge in [-0.25, -0.2) is 4.98 Å². The summed E-state index contributed by atoms with van der Waals surface area (Å²) in [7, 11) is 0. The Bertz CT molecular complexity index is 573. The van der Waals surface area contributed by atoms with Crippen LogP contribution in [0.4, 0.5) is 11.8 Å². The van der Waals surface area contributed by atoms with E-state index in [4.69, 9.17) is 0 Å². The van der Waals surface area contributed by atoms with Crippen LogP contribution in [-0.4, -0.2) is 22.1 Å². The maximum Gasteiger partial charge on any atom is 0.225 e. The molecule has 0 saturated carbocycles. The van der Waals surface area contributed by atoms with Gasteiger partial charge in [0.2, 0.25) is 5.95 Å². The van der Waals surface area contributed by atoms with E-state index in [0.717, 1.165) is 30.0 Å². The van der Waals surface area contributed by atoms with E-state index in [0.29, 0.717) is 5.95 Å². The fourth-order valence-electron chi connectivity index (χ4n) is 1.97. The molecular formula is C17H24N4. The third-order valence-electron chi connectivity index (χ3n) is 2.83. The first kappa shape index (κ1) is 15.3. The summed E-state index contributed by atoms with van der Waals surface area (Å²) in [6.45, 7) is 9.36. The Labute approximate surface area is 127 Å². The molecule has 0 aliphatic rings. The number of hydrogen-bond donors (Lipinski definition) is 2. The van der Waals surface area contributed by atoms with Crippen molar-refractivity contribution in [2.45, 2.75) is 39.7 Å². The fraction of sp³-hybridized carbons (Fsp3) is 0.412. The molecule has 0 fully saturated rings. The van der Waals surface area contributed by atoms with Crippen molar-refractivity contribution in [2.24, 2.45) is 0 Å². The second-order valence-corrected chi connectivity index (χ2v) is 6.13. The first-order chi connectivity index (χ1) is 9.98. The topological polar surface area (TPSA) is 49.8 Å². The molecule has 1 heterocycles. The van der Waals surface area contributed by atoms with E-state index in [1.807, 2.05) is 24.3 Å². The van der Waals surface area contributed by atoms with E-state index < -0.39 is 0 Å². The van der Waals surface area contributed by atoms with Crippen molar-refractivity contribution in [1.29, 1.82) is 0 Å². The predicted octanol–water partition coefficient (Wildman–Crippen LogP) is 4.18. The number of nitrogens with one attached hydrogen (secondary N) is 2. The summed E-state index contributed by atoms with van der Waals surface area (Å²) in [6.07, 6.45) is 1.04. The fourth-order valence-corrected chi connectivity index (χ4v) is 1.97. The molecule has 0 aliphatic heterocycles. The average molecular weight is 284 g/mol. The molecule has 2 rings (SSSR count). The predicted molar refractivity (Wildman–Crippen MR) is 89.6 cm³/mol. The van der Waals surface area contributed by atoms with E-state index in [1.165, 1.54) is 0 Å². The smallest absolute Gasteiger partial charge is 0.225 e. The third kappa shape index (κ3) is 4.74. The third-order valence-corrected chi connectivity index (χ3v) is 2.83. The van der Waals surface area contributed by atoms with Crippen molar-refractivity contribution in [3.63, 3.8) is 0 Å². The van der Waals surface area contributed by atoms with Crippen molar-refractivity contribution < 1.29 is 0 Å². The number of nitrogens with zero attached hydrogens (tertiary/aromatic N) is 2. The van der Waals surface area contributed by atoms with Crippen LogP contribution in [0.15, 0.2) is 36.4 Å². The molecule has 0 radical (unpaired) electrons. The van der Waals surface area contributed by atoms with Crippen LogP contribution < -0.4 is 10.6 Å². The molecule has 4 heteroatoms. The minimum atomic E-state index is -0.0374. The highest BCUT2D eigenvalue weighted by Gasteiger charge is 2.13. The molecule has 1 aromatic heterocycles. The molecule has 0 unspecified atom stereocenters. The molecule has 112 valence electrons. The average Bonchev–Trinajstić information content (AvgIpc) is 2.44. The number of hydrogen-bond acceptors (Lipinski definition) is 4. The molecule has 0 atom stereocenters. The lowest BCUT2D eigenvalue weighted by molar-refractivity contribution is 0.630. The second-order valence-electron chi connectivity index (χ2n) is 6.13. The first-order valence-corrected chi connectivity index (χ1v) is 7.44. The molecule has 4 nitrogen and oxygen atoms in total. The quantitative estimate of drug-likeness (QED) is 0.865. The lowest BCUT2D eigenvalue weighted by atomic mass is 10.1. The maximum absolute atomic E-state index is 4.61. The molecule has 21 heavy (non-hydrogen) atoms. The number of rotatable bonds is 5. The minimum absolute atomic E-state index is 0.0374. The van der Waals surface area contributed by atoms with Gasteiger partial charge in [0.15, 0.2) is 0 Å². The monoisotopic (exact) mass is 284 g/mol. The molecule has 0 saturated heterocycles. The van der Waals surface area contributed by atoms with Crippen molar-refractivity contribution in [3.8, 4) is 11.3 Å². The Morgan fingerprint density at radius 1 is 1.05 bits per heavy atom. The van der Waals surface area contributed by atoms with Crippen LogP contribution in [-0.2, 0) is 0 Å². The Morgan fingerprint density at radius 3 is 2.38 bits per heavy atom. The van der Waals surface area contributed by atoms with Gasteiger partial charge in [0.25, 0.3) is 0 Å². The maximum atomic E-state index is 4.61. The van der Waals surface area contributed by atoms with Gasteiger partial charge in [-0.15, -0.1) is 0 Å². The molecule has 1 aromatic carbocycles. The van der Waals surface area contributed by atoms with Crippen molar-refractivity contribution in [1.82, 2.24) is 9.97 Å². The van der Waals surface area contributed by atoms with Gasteiger partial charge >= 0.3 is 0 Å². The van der Waals surface area contributed by atoms with Crippen LogP contribution in [0.5, 0.6) is 0 Å². The Kier molecular flexibility index (Phi) is 4.78. The summed E-state index contributed by atoms with van der Waals surface area (Å²) in [5.41, 5.74) is 1.98. The molecule has 0 aliphatic carbocycles. The van der Waals surface area contributed by atoms with E-state index in [1.54, 1.807) is 0 Å². The highest BCUT2D eigenvalue weighted by Crippen LogP contribution is 2.23. The zero-order valence-corrected chi connectivity index (χ0v) is 13.3. The lowest BCUT2D eigenvalue weighted by Gasteiger charge is -2.22. The molecule has 0 amide bonds. The van der Waals surface area contributed by atoms with Crippen LogP contribution in [0.2, 0.25) is 0 Å². The van der Waals surface area contributed by atoms with Crippen LogP contribution in [0.1, 0.15) is 34.1 Å². The van der Waals surface area contributed by atoms with Gasteiger partial charge in [-0.3, -0.25) is 0 Å². The van der Waals surface area contributed by atoms with Gasteiger partial charge < -0.3 is 10.6 Å². The molecular weight excluding hydrogens is 260 g/mol. The largest absolute Gasteiger partial charge is 0.365 e. The number of aromatic nitrogens is 2. The van der Waals surface area contributed by atoms with E-state index in [9.17, 15) is 0 Å². The van der Waals surface area contributed by atoms with Gasteiger partial charge in [-0.1, -0.05) is 37.3 Å². The summed E-state index contributed by atoms with van der Waals surface area (Å²) in [4.78, 5) is 9.16. The zero-order valence-electron chi connectivity index (χ0n) is 13.3. The Morgan fingerprint density at radius 2 is 1.76 bits per heavy atom. The Balaban J connectivity index is 2.37. The van der Waals surface area contributed by atoms with Crippen molar-refractivity contribution in [3.05, 3.63) is 36.4 Å². The summed E-state index contributed by atoms with van der Waals surface area (Å²) >= 11 is 0. The second kappa shape index (κ2) is 6.57. The van der Waals surface area contributed by atoms with Gasteiger partial charge in [0.05, 0.1) is 5.69 Å². The molecule has 0 bridgehead atoms. The molecule has 0 spiro atoms. The normalized spacial score (nSPS) is 11.2. The highest BCUT2D eigenvalue weighted by atomic mass is 15.2. The Hall–Kier alpha value is -2.10. The van der Waals surface area contributed by atoms with Crippen LogP contribution in [0.25, 0.3) is 11.3 Å². The van der Waals surface area contributed by atoms with Crippen LogP contribution in [0.3, 0.4) is 0 Å². The van der Waals surface area contributed by atoms with Gasteiger partial charge in [-0.2, -0.15) is 4.98 Å². The number of anilines is 2. The van der Waals surface area contributed by atoms with Gasteiger partial charge in [0.1, 0.15) is 5.82 Å². The van der Waals surface area contributed by atoms with Gasteiger partial charge in [-0.05, 0) is 27.2 Å². The summed E-state index contributed by atoms with van der Waals surface area (Å²) in [5, 5.41) is 6.69. The van der Waals surface area contributed by atoms with Crippen molar-refractivity contribution >= 4 is 11.8 Å².